The lowest BCUT2D eigenvalue weighted by atomic mass is 10.1. The Kier molecular flexibility index (Phi) is 5.67. The first-order valence-electron chi connectivity index (χ1n) is 6.32. The van der Waals surface area contributed by atoms with Gasteiger partial charge in [-0.05, 0) is 44.1 Å². The Morgan fingerprint density at radius 3 is 2.67 bits per heavy atom. The van der Waals surface area contributed by atoms with Gasteiger partial charge in [0.2, 0.25) is 0 Å². The Morgan fingerprint density at radius 1 is 1.39 bits per heavy atom. The lowest BCUT2D eigenvalue weighted by molar-refractivity contribution is 0.297. The quantitative estimate of drug-likeness (QED) is 0.774. The maximum Gasteiger partial charge on any atom is 0.123 e. The summed E-state index contributed by atoms with van der Waals surface area (Å²) < 4.78 is 5.34. The first-order valence-corrected chi connectivity index (χ1v) is 6.32. The molecule has 0 saturated carbocycles. The molecule has 0 saturated heterocycles. The number of nitrogens with zero attached hydrogens (tertiary/aromatic N) is 2. The summed E-state index contributed by atoms with van der Waals surface area (Å²) in [5, 5.41) is 8.93. The molecule has 0 aliphatic carbocycles. The van der Waals surface area contributed by atoms with Crippen molar-refractivity contribution in [1.29, 1.82) is 5.26 Å². The Hall–Kier alpha value is -1.53. The fraction of sp³-hybridized carbons (Fsp3) is 0.533. The first kappa shape index (κ1) is 14.5. The predicted molar refractivity (Wildman–Crippen MR) is 73.5 cm³/mol. The van der Waals surface area contributed by atoms with Gasteiger partial charge < -0.3 is 9.64 Å². The second-order valence-corrected chi connectivity index (χ2v) is 5.06. The third-order valence-electron chi connectivity index (χ3n) is 2.94. The van der Waals surface area contributed by atoms with Crippen molar-refractivity contribution in [2.24, 2.45) is 5.92 Å². The monoisotopic (exact) mass is 246 g/mol. The smallest absolute Gasteiger partial charge is 0.123 e. The SMILES string of the molecule is COc1ccc(C#N)cc1CN(C)CCC(C)C. The molecule has 0 unspecified atom stereocenters. The van der Waals surface area contributed by atoms with E-state index in [4.69, 9.17) is 10.00 Å². The number of benzene rings is 1. The van der Waals surface area contributed by atoms with E-state index < -0.39 is 0 Å². The number of hydrogen-bond acceptors (Lipinski definition) is 3. The summed E-state index contributed by atoms with van der Waals surface area (Å²) in [4.78, 5) is 2.26. The first-order chi connectivity index (χ1) is 8.56. The Morgan fingerprint density at radius 2 is 2.11 bits per heavy atom. The molecule has 0 aliphatic heterocycles. The van der Waals surface area contributed by atoms with Gasteiger partial charge in [-0.15, -0.1) is 0 Å². The van der Waals surface area contributed by atoms with Crippen molar-refractivity contribution in [3.8, 4) is 11.8 Å². The van der Waals surface area contributed by atoms with E-state index >= 15 is 0 Å². The Bertz CT molecular complexity index is 421. The summed E-state index contributed by atoms with van der Waals surface area (Å²) in [6, 6.07) is 7.73. The van der Waals surface area contributed by atoms with Crippen LogP contribution in [0.25, 0.3) is 0 Å². The molecule has 0 atom stereocenters. The number of nitriles is 1. The normalized spacial score (nSPS) is 10.7. The summed E-state index contributed by atoms with van der Waals surface area (Å²) in [6.45, 7) is 6.32. The van der Waals surface area contributed by atoms with E-state index in [0.29, 0.717) is 11.5 Å². The molecule has 0 aromatic heterocycles. The predicted octanol–water partition coefficient (Wildman–Crippen LogP) is 3.04. The van der Waals surface area contributed by atoms with Gasteiger partial charge in [0.25, 0.3) is 0 Å². The van der Waals surface area contributed by atoms with Crippen molar-refractivity contribution < 1.29 is 4.74 Å². The zero-order valence-electron chi connectivity index (χ0n) is 11.7. The maximum absolute atomic E-state index is 8.93. The second-order valence-electron chi connectivity index (χ2n) is 5.06. The Balaban J connectivity index is 2.73. The van der Waals surface area contributed by atoms with Gasteiger partial charge in [-0.3, -0.25) is 0 Å². The van der Waals surface area contributed by atoms with Crippen LogP contribution < -0.4 is 4.74 Å². The zero-order chi connectivity index (χ0) is 13.5. The third-order valence-corrected chi connectivity index (χ3v) is 2.94. The highest BCUT2D eigenvalue weighted by Crippen LogP contribution is 2.21. The molecule has 0 spiro atoms. The minimum atomic E-state index is 0.683. The third kappa shape index (κ3) is 4.38. The highest BCUT2D eigenvalue weighted by atomic mass is 16.5. The van der Waals surface area contributed by atoms with E-state index in [9.17, 15) is 0 Å². The average molecular weight is 246 g/mol. The van der Waals surface area contributed by atoms with E-state index in [1.807, 2.05) is 12.1 Å². The van der Waals surface area contributed by atoms with Crippen molar-refractivity contribution in [3.05, 3.63) is 29.3 Å². The molecule has 98 valence electrons. The van der Waals surface area contributed by atoms with Crippen molar-refractivity contribution in [2.75, 3.05) is 20.7 Å². The minimum absolute atomic E-state index is 0.683. The van der Waals surface area contributed by atoms with Gasteiger partial charge in [0.15, 0.2) is 0 Å². The van der Waals surface area contributed by atoms with Crippen LogP contribution in [0.2, 0.25) is 0 Å². The number of hydrogen-bond donors (Lipinski definition) is 0. The molecular weight excluding hydrogens is 224 g/mol. The van der Waals surface area contributed by atoms with Crippen molar-refractivity contribution in [3.63, 3.8) is 0 Å². The molecule has 0 amide bonds. The van der Waals surface area contributed by atoms with E-state index in [-0.39, 0.29) is 0 Å². The summed E-state index contributed by atoms with van der Waals surface area (Å²) in [6.07, 6.45) is 1.18. The fourth-order valence-electron chi connectivity index (χ4n) is 1.82. The van der Waals surface area contributed by atoms with Crippen molar-refractivity contribution >= 4 is 0 Å². The highest BCUT2D eigenvalue weighted by Gasteiger charge is 2.08. The number of ether oxygens (including phenoxy) is 1. The molecule has 0 radical (unpaired) electrons. The van der Waals surface area contributed by atoms with E-state index in [0.717, 1.165) is 24.4 Å². The molecule has 1 aromatic carbocycles. The van der Waals surface area contributed by atoms with Gasteiger partial charge in [0.05, 0.1) is 18.7 Å². The van der Waals surface area contributed by atoms with Gasteiger partial charge >= 0.3 is 0 Å². The highest BCUT2D eigenvalue weighted by molar-refractivity contribution is 5.41. The molecule has 1 aromatic rings. The van der Waals surface area contributed by atoms with Crippen molar-refractivity contribution in [1.82, 2.24) is 4.90 Å². The Labute approximate surface area is 110 Å². The van der Waals surface area contributed by atoms with Gasteiger partial charge in [-0.1, -0.05) is 13.8 Å². The van der Waals surface area contributed by atoms with Gasteiger partial charge in [0, 0.05) is 12.1 Å². The lowest BCUT2D eigenvalue weighted by Gasteiger charge is -2.19. The van der Waals surface area contributed by atoms with Crippen LogP contribution in [0.4, 0.5) is 0 Å². The van der Waals surface area contributed by atoms with Crippen LogP contribution in [-0.4, -0.2) is 25.6 Å². The van der Waals surface area contributed by atoms with Gasteiger partial charge in [0.1, 0.15) is 5.75 Å². The van der Waals surface area contributed by atoms with Crippen LogP contribution in [0, 0.1) is 17.2 Å². The molecule has 18 heavy (non-hydrogen) atoms. The number of rotatable bonds is 6. The molecule has 0 N–H and O–H groups in total. The minimum Gasteiger partial charge on any atom is -0.496 e. The van der Waals surface area contributed by atoms with Crippen LogP contribution in [0.3, 0.4) is 0 Å². The van der Waals surface area contributed by atoms with Crippen LogP contribution in [0.5, 0.6) is 5.75 Å². The lowest BCUT2D eigenvalue weighted by Crippen LogP contribution is -2.20. The molecule has 0 bridgehead atoms. The molecule has 0 fully saturated rings. The van der Waals surface area contributed by atoms with E-state index in [1.165, 1.54) is 6.42 Å². The van der Waals surface area contributed by atoms with E-state index in [1.54, 1.807) is 13.2 Å². The van der Waals surface area contributed by atoms with Crippen LogP contribution in [0.1, 0.15) is 31.4 Å². The topological polar surface area (TPSA) is 36.3 Å². The zero-order valence-corrected chi connectivity index (χ0v) is 11.7. The van der Waals surface area contributed by atoms with Gasteiger partial charge in [-0.25, -0.2) is 0 Å². The van der Waals surface area contributed by atoms with Crippen LogP contribution >= 0.6 is 0 Å². The molecule has 3 nitrogen and oxygen atoms in total. The second kappa shape index (κ2) is 7.03. The van der Waals surface area contributed by atoms with Crippen LogP contribution in [0.15, 0.2) is 18.2 Å². The van der Waals surface area contributed by atoms with Crippen LogP contribution in [-0.2, 0) is 6.54 Å². The molecular formula is C15H22N2O. The molecule has 1 rings (SSSR count). The average Bonchev–Trinajstić information content (AvgIpc) is 2.36. The summed E-state index contributed by atoms with van der Waals surface area (Å²) in [5.41, 5.74) is 1.76. The summed E-state index contributed by atoms with van der Waals surface area (Å²) >= 11 is 0. The standard InChI is InChI=1S/C15H22N2O/c1-12(2)7-8-17(3)11-14-9-13(10-16)5-6-15(14)18-4/h5-6,9,12H,7-8,11H2,1-4H3. The van der Waals surface area contributed by atoms with Crippen molar-refractivity contribution in [2.45, 2.75) is 26.8 Å². The molecule has 3 heteroatoms. The fourth-order valence-corrected chi connectivity index (χ4v) is 1.82. The van der Waals surface area contributed by atoms with E-state index in [2.05, 4.69) is 31.9 Å². The van der Waals surface area contributed by atoms with Gasteiger partial charge in [-0.2, -0.15) is 5.26 Å². The number of methoxy groups -OCH3 is 1. The summed E-state index contributed by atoms with van der Waals surface area (Å²) in [5.74, 6) is 1.56. The summed E-state index contributed by atoms with van der Waals surface area (Å²) in [7, 11) is 3.76. The largest absolute Gasteiger partial charge is 0.496 e. The molecule has 0 aliphatic rings. The maximum atomic E-state index is 8.93. The molecule has 0 heterocycles.